The van der Waals surface area contributed by atoms with Gasteiger partial charge in [0.2, 0.25) is 0 Å². The van der Waals surface area contributed by atoms with Crippen molar-refractivity contribution in [2.45, 2.75) is 167 Å². The minimum atomic E-state index is -1.61. The van der Waals surface area contributed by atoms with Crippen LogP contribution in [0.3, 0.4) is 0 Å². The fraction of sp³-hybridized carbons (Fsp3) is 0.766. The second-order valence-corrected chi connectivity index (χ2v) is 18.2. The van der Waals surface area contributed by atoms with Crippen molar-refractivity contribution >= 4 is 17.7 Å². The van der Waals surface area contributed by atoms with E-state index in [-0.39, 0.29) is 59.8 Å². The van der Waals surface area contributed by atoms with Crippen molar-refractivity contribution in [3.63, 3.8) is 0 Å². The molecule has 1 saturated carbocycles. The predicted octanol–water partition coefficient (Wildman–Crippen LogP) is 6.93. The number of Topliss-reactive ketones (excluding diaryl/α,β-unsaturated/α-hetero) is 1. The van der Waals surface area contributed by atoms with Gasteiger partial charge in [-0.3, -0.25) is 9.59 Å². The fourth-order valence-corrected chi connectivity index (χ4v) is 9.49. The van der Waals surface area contributed by atoms with Gasteiger partial charge in [0.25, 0.3) is 5.91 Å². The number of aliphatic hydroxyl groups excluding tert-OH is 2. The van der Waals surface area contributed by atoms with Crippen LogP contribution in [0.15, 0.2) is 48.1 Å². The lowest BCUT2D eigenvalue weighted by molar-refractivity contribution is -0.163. The Morgan fingerprint density at radius 2 is 1.53 bits per heavy atom. The number of esters is 1. The normalized spacial score (nSPS) is 39.1. The summed E-state index contributed by atoms with van der Waals surface area (Å²) < 4.78 is 24.0. The highest BCUT2D eigenvalue weighted by Gasteiger charge is 2.44. The number of hydrogen-bond donors (Lipinski definition) is 3. The summed E-state index contributed by atoms with van der Waals surface area (Å²) in [6, 6.07) is -0.936. The Bertz CT molecular complexity index is 1450. The van der Waals surface area contributed by atoms with E-state index in [2.05, 4.69) is 33.9 Å². The van der Waals surface area contributed by atoms with Gasteiger partial charge in [0.1, 0.15) is 12.1 Å². The van der Waals surface area contributed by atoms with Gasteiger partial charge in [-0.2, -0.15) is 0 Å². The van der Waals surface area contributed by atoms with Gasteiger partial charge in [-0.25, -0.2) is 4.79 Å². The average molecular weight is 816 g/mol. The minimum Gasteiger partial charge on any atom is -0.456 e. The molecule has 0 aromatic heterocycles. The van der Waals surface area contributed by atoms with E-state index >= 15 is 0 Å². The van der Waals surface area contributed by atoms with Gasteiger partial charge in [0.15, 0.2) is 5.78 Å². The predicted molar refractivity (Wildman–Crippen MR) is 227 cm³/mol. The van der Waals surface area contributed by atoms with Gasteiger partial charge in [-0.1, -0.05) is 59.4 Å². The van der Waals surface area contributed by atoms with E-state index in [1.807, 2.05) is 26.0 Å². The van der Waals surface area contributed by atoms with Gasteiger partial charge >= 0.3 is 5.97 Å². The highest BCUT2D eigenvalue weighted by molar-refractivity contribution is 5.97. The average Bonchev–Trinajstić information content (AvgIpc) is 3.19. The van der Waals surface area contributed by atoms with Crippen molar-refractivity contribution in [3.05, 3.63) is 48.1 Å². The number of carbonyl (C=O) groups is 3. The summed E-state index contributed by atoms with van der Waals surface area (Å²) in [5.41, 5.74) is -0.322. The van der Waals surface area contributed by atoms with E-state index in [9.17, 15) is 29.7 Å². The quantitative estimate of drug-likeness (QED) is 0.140. The highest BCUT2D eigenvalue weighted by atomic mass is 16.5. The van der Waals surface area contributed by atoms with E-state index in [0.29, 0.717) is 69.1 Å². The van der Waals surface area contributed by atoms with Crippen LogP contribution in [0.1, 0.15) is 119 Å². The molecule has 58 heavy (non-hydrogen) atoms. The number of hydrogen-bond acceptors (Lipinski definition) is 10. The molecule has 3 rings (SSSR count). The largest absolute Gasteiger partial charge is 0.456 e. The van der Waals surface area contributed by atoms with Crippen molar-refractivity contribution in [1.82, 2.24) is 4.90 Å². The van der Waals surface area contributed by atoms with E-state index in [1.165, 1.54) is 4.90 Å². The number of methoxy groups -OCH3 is 3. The van der Waals surface area contributed by atoms with E-state index in [4.69, 9.17) is 18.9 Å². The Balaban J connectivity index is 2.10. The van der Waals surface area contributed by atoms with Crippen molar-refractivity contribution in [2.75, 3.05) is 27.9 Å². The number of nitrogens with zero attached hydrogens (tertiary/aromatic N) is 1. The summed E-state index contributed by atoms with van der Waals surface area (Å²) in [4.78, 5) is 44.1. The fourth-order valence-electron chi connectivity index (χ4n) is 9.49. The smallest absolute Gasteiger partial charge is 0.329 e. The minimum absolute atomic E-state index is 0.00330. The van der Waals surface area contributed by atoms with Gasteiger partial charge in [0, 0.05) is 51.7 Å². The third-order valence-corrected chi connectivity index (χ3v) is 13.6. The SMILES string of the molecule is C=CCC1=CC(C)C[C@H](C)C[C@H](OC)[C@@H](C)[C@@H](OC)C[C@@H](C)[C@](C)(O)C(=C)C(=O)N2CCCC[C@H]2C(=O)OC(C(C)=C[C@@H]2CC[C@@H](O)[C@H](OC)C2)[C@H](C)[C@@H](O)CC1=O. The van der Waals surface area contributed by atoms with Crippen molar-refractivity contribution in [3.8, 4) is 0 Å². The molecule has 11 heteroatoms. The van der Waals surface area contributed by atoms with Gasteiger partial charge < -0.3 is 39.2 Å². The Labute approximate surface area is 349 Å². The second-order valence-electron chi connectivity index (χ2n) is 18.2. The standard InChI is InChI=1S/C47H77NO10/c1-13-16-36-22-28(2)21-29(3)23-41(55-10)33(7)42(56-11)25-31(5)47(9,54)34(8)45(52)48-20-15-14-17-37(48)46(53)58-44(32(6)39(50)27-40(36)51)30(4)24-35-18-19-38(49)43(26-35)57-12/h13,22,24,28-29,31-33,35,37-39,41-44,49-50,54H,1,8,14-21,23,25-27H2,2-7,9-12H3/t28?,29-,31+,32+,33+,35-,37-,38+,39-,41-,42-,43+,44?,47-/m0/s1. The topological polar surface area (TPSA) is 152 Å². The molecule has 330 valence electrons. The summed E-state index contributed by atoms with van der Waals surface area (Å²) in [6.07, 6.45) is 8.07. The summed E-state index contributed by atoms with van der Waals surface area (Å²) in [7, 11) is 4.93. The van der Waals surface area contributed by atoms with Crippen molar-refractivity contribution < 1.29 is 48.7 Å². The van der Waals surface area contributed by atoms with Gasteiger partial charge in [0.05, 0.1) is 36.1 Å². The van der Waals surface area contributed by atoms with Crippen molar-refractivity contribution in [2.24, 2.45) is 35.5 Å². The molecule has 0 aromatic carbocycles. The van der Waals surface area contributed by atoms with Crippen LogP contribution in [0.4, 0.5) is 0 Å². The zero-order valence-electron chi connectivity index (χ0n) is 37.3. The Morgan fingerprint density at radius 3 is 2.16 bits per heavy atom. The third kappa shape index (κ3) is 12.9. The molecule has 3 N–H and O–H groups in total. The lowest BCUT2D eigenvalue weighted by Crippen LogP contribution is -2.53. The van der Waals surface area contributed by atoms with Crippen LogP contribution in [-0.4, -0.2) is 114 Å². The van der Waals surface area contributed by atoms with Crippen molar-refractivity contribution in [1.29, 1.82) is 0 Å². The van der Waals surface area contributed by atoms with Crippen LogP contribution in [0.2, 0.25) is 0 Å². The number of piperidine rings is 1. The number of amides is 1. The van der Waals surface area contributed by atoms with E-state index in [0.717, 1.165) is 12.8 Å². The number of ketones is 1. The number of carbonyl (C=O) groups excluding carboxylic acids is 3. The summed E-state index contributed by atoms with van der Waals surface area (Å²) in [5, 5.41) is 34.2. The number of fused-ring (bicyclic) bond motifs is 1. The summed E-state index contributed by atoms with van der Waals surface area (Å²) in [6.45, 7) is 21.8. The first-order valence-electron chi connectivity index (χ1n) is 21.7. The molecule has 11 nitrogen and oxygen atoms in total. The number of rotatable bonds is 7. The molecule has 0 radical (unpaired) electrons. The maximum absolute atomic E-state index is 14.4. The Morgan fingerprint density at radius 1 is 0.897 bits per heavy atom. The first-order valence-corrected chi connectivity index (χ1v) is 21.7. The van der Waals surface area contributed by atoms with Gasteiger partial charge in [-0.05, 0) is 113 Å². The van der Waals surface area contributed by atoms with Crippen LogP contribution in [0.25, 0.3) is 0 Å². The molecule has 2 fully saturated rings. The molecule has 0 aromatic rings. The molecule has 3 aliphatic rings. The first kappa shape index (κ1) is 49.7. The second kappa shape index (κ2) is 22.8. The number of ether oxygens (including phenoxy) is 4. The molecule has 14 atom stereocenters. The maximum Gasteiger partial charge on any atom is 0.329 e. The van der Waals surface area contributed by atoms with Crippen LogP contribution in [0.5, 0.6) is 0 Å². The third-order valence-electron chi connectivity index (χ3n) is 13.6. The molecular weight excluding hydrogens is 739 g/mol. The molecule has 1 amide bonds. The molecule has 2 heterocycles. The zero-order valence-corrected chi connectivity index (χ0v) is 37.3. The summed E-state index contributed by atoms with van der Waals surface area (Å²) in [5.74, 6) is -2.17. The molecule has 1 aliphatic carbocycles. The highest BCUT2D eigenvalue weighted by Crippen LogP contribution is 2.36. The molecule has 2 unspecified atom stereocenters. The summed E-state index contributed by atoms with van der Waals surface area (Å²) >= 11 is 0. The monoisotopic (exact) mass is 816 g/mol. The van der Waals surface area contributed by atoms with Crippen LogP contribution < -0.4 is 0 Å². The number of allylic oxidation sites excluding steroid dienone is 4. The maximum atomic E-state index is 14.4. The lowest BCUT2D eigenvalue weighted by atomic mass is 9.77. The van der Waals surface area contributed by atoms with Crippen LogP contribution in [-0.2, 0) is 33.3 Å². The lowest BCUT2D eigenvalue weighted by Gasteiger charge is -2.41. The molecule has 2 aliphatic heterocycles. The number of cyclic esters (lactones) is 1. The van der Waals surface area contributed by atoms with E-state index < -0.39 is 53.7 Å². The molecule has 0 spiro atoms. The Kier molecular flexibility index (Phi) is 19.5. The molecule has 0 bridgehead atoms. The van der Waals surface area contributed by atoms with Gasteiger partial charge in [-0.15, -0.1) is 6.58 Å². The van der Waals surface area contributed by atoms with E-state index in [1.54, 1.807) is 41.3 Å². The first-order chi connectivity index (χ1) is 27.3. The van der Waals surface area contributed by atoms with Crippen LogP contribution in [0, 0.1) is 35.5 Å². The molecule has 1 saturated heterocycles. The van der Waals surface area contributed by atoms with Crippen LogP contribution >= 0.6 is 0 Å². The number of aliphatic hydroxyl groups is 3. The zero-order chi connectivity index (χ0) is 43.5. The Hall–Kier alpha value is -2.67. The molecular formula is C47H77NO10.